The maximum atomic E-state index is 13.6. The zero-order valence-corrected chi connectivity index (χ0v) is 46.0. The smallest absolute Gasteiger partial charge is 0.331 e. The molecule has 76 heavy (non-hydrogen) atoms. The van der Waals surface area contributed by atoms with Gasteiger partial charge in [0, 0.05) is 53.1 Å². The lowest BCUT2D eigenvalue weighted by molar-refractivity contribution is -0.348. The molecule has 4 aliphatic carbocycles. The lowest BCUT2D eigenvalue weighted by Gasteiger charge is -2.69. The number of aliphatic hydroxyl groups excluding tert-OH is 2. The molecule has 0 radical (unpaired) electrons. The first kappa shape index (κ1) is 58.1. The Balaban J connectivity index is 0.790. The topological polar surface area (TPSA) is 246 Å². The fraction of sp³-hybridized carbons (Fsp3) is 0.825. The summed E-state index contributed by atoms with van der Waals surface area (Å²) < 4.78 is 74.8. The molecule has 0 bridgehead atoms. The maximum Gasteiger partial charge on any atom is 0.331 e. The highest BCUT2D eigenvalue weighted by Gasteiger charge is 2.82. The molecule has 5 N–H and O–H groups in total. The van der Waals surface area contributed by atoms with E-state index in [1.807, 2.05) is 51.1 Å². The van der Waals surface area contributed by atoms with E-state index in [1.54, 1.807) is 41.3 Å². The second-order valence-electron chi connectivity index (χ2n) is 23.8. The molecule has 25 atom stereocenters. The van der Waals surface area contributed by atoms with E-state index >= 15 is 0 Å². The number of ether oxygens (including phenoxy) is 12. The van der Waals surface area contributed by atoms with E-state index in [2.05, 4.69) is 6.92 Å². The van der Waals surface area contributed by atoms with Crippen molar-refractivity contribution in [2.75, 3.05) is 21.3 Å². The lowest BCUT2D eigenvalue weighted by atomic mass is 9.40. The fourth-order valence-corrected chi connectivity index (χ4v) is 15.4. The largest absolute Gasteiger partial charge is 0.458 e. The number of hydrogen-bond acceptors (Lipinski definition) is 19. The second kappa shape index (κ2) is 22.8. The van der Waals surface area contributed by atoms with Crippen LogP contribution in [0.5, 0.6) is 0 Å². The number of Topliss-reactive ketones (excluding diaryl/α,β-unsaturated/α-hetero) is 1. The van der Waals surface area contributed by atoms with E-state index < -0.39 is 144 Å². The first-order chi connectivity index (χ1) is 36.0. The molecule has 4 heterocycles. The predicted octanol–water partition coefficient (Wildman–Crippen LogP) is 4.66. The molecule has 9 rings (SSSR count). The molecular weight excluding hydrogens is 989 g/mol. The van der Waals surface area contributed by atoms with Crippen LogP contribution in [0.25, 0.3) is 6.08 Å². The van der Waals surface area contributed by atoms with Gasteiger partial charge < -0.3 is 82.4 Å². The van der Waals surface area contributed by atoms with E-state index in [1.165, 1.54) is 13.0 Å². The van der Waals surface area contributed by atoms with Crippen molar-refractivity contribution in [2.24, 2.45) is 22.7 Å². The summed E-state index contributed by atoms with van der Waals surface area (Å²) in [6, 6.07) is 9.30. The Bertz CT molecular complexity index is 2170. The molecule has 4 saturated carbocycles. The monoisotopic (exact) mass is 1070 g/mol. The van der Waals surface area contributed by atoms with E-state index in [-0.39, 0.29) is 50.2 Å². The molecule has 1 aromatic carbocycles. The van der Waals surface area contributed by atoms with Gasteiger partial charge in [-0.2, -0.15) is 0 Å². The van der Waals surface area contributed by atoms with Crippen molar-refractivity contribution in [1.29, 1.82) is 0 Å². The molecular formula is C57H86O19. The van der Waals surface area contributed by atoms with Gasteiger partial charge >= 0.3 is 5.97 Å². The number of methoxy groups -OCH3 is 3. The Morgan fingerprint density at radius 2 is 1.17 bits per heavy atom. The Morgan fingerprint density at radius 1 is 0.632 bits per heavy atom. The average molecular weight is 1080 g/mol. The summed E-state index contributed by atoms with van der Waals surface area (Å²) >= 11 is 0. The molecule has 19 heteroatoms. The zero-order valence-electron chi connectivity index (χ0n) is 46.0. The maximum absolute atomic E-state index is 13.6. The van der Waals surface area contributed by atoms with Crippen molar-refractivity contribution in [3.05, 3.63) is 42.0 Å². The lowest BCUT2D eigenvalue weighted by Crippen LogP contribution is -2.79. The van der Waals surface area contributed by atoms with Crippen molar-refractivity contribution in [3.63, 3.8) is 0 Å². The zero-order chi connectivity index (χ0) is 54.7. The van der Waals surface area contributed by atoms with Gasteiger partial charge in [-0.05, 0) is 122 Å². The Morgan fingerprint density at radius 3 is 1.74 bits per heavy atom. The molecule has 4 aliphatic heterocycles. The molecule has 428 valence electrons. The molecule has 4 saturated heterocycles. The number of carbonyl (C=O) groups excluding carboxylic acids is 2. The van der Waals surface area contributed by atoms with E-state index in [0.29, 0.717) is 44.9 Å². The summed E-state index contributed by atoms with van der Waals surface area (Å²) in [6.07, 6.45) is -3.81. The third-order valence-corrected chi connectivity index (χ3v) is 19.9. The van der Waals surface area contributed by atoms with Crippen molar-refractivity contribution in [3.8, 4) is 0 Å². The Labute approximate surface area is 447 Å². The normalized spacial score (nSPS) is 49.6. The van der Waals surface area contributed by atoms with Gasteiger partial charge in [-0.1, -0.05) is 37.3 Å². The summed E-state index contributed by atoms with van der Waals surface area (Å²) in [5, 5.41) is 60.2. The first-order valence-electron chi connectivity index (χ1n) is 27.8. The van der Waals surface area contributed by atoms with Crippen LogP contribution in [-0.2, 0) is 66.4 Å². The van der Waals surface area contributed by atoms with E-state index in [4.69, 9.17) is 56.8 Å². The summed E-state index contributed by atoms with van der Waals surface area (Å²) in [5.41, 5.74) is -7.07. The number of ketones is 1. The Kier molecular flexibility index (Phi) is 17.4. The highest BCUT2D eigenvalue weighted by Crippen LogP contribution is 2.72. The summed E-state index contributed by atoms with van der Waals surface area (Å²) in [5.74, 6) is -1.69. The van der Waals surface area contributed by atoms with Gasteiger partial charge in [0.15, 0.2) is 30.9 Å². The van der Waals surface area contributed by atoms with Crippen molar-refractivity contribution in [1.82, 2.24) is 0 Å². The third-order valence-electron chi connectivity index (χ3n) is 19.9. The fourth-order valence-electron chi connectivity index (χ4n) is 15.4. The summed E-state index contributed by atoms with van der Waals surface area (Å²) in [7, 11) is 4.79. The molecule has 0 aromatic heterocycles. The van der Waals surface area contributed by atoms with Gasteiger partial charge in [0.2, 0.25) is 0 Å². The van der Waals surface area contributed by atoms with Crippen LogP contribution in [0.15, 0.2) is 36.4 Å². The standard InChI is InChI=1S/C57H86O19/c1-30-49(61)39(65-8)26-46(68-30)75-51-33(4)71-48(28-41(51)67-10)76-52-32(3)70-47(27-40(52)66-9)74-50-31(2)69-45(25-38(50)59)72-37-19-20-53(6)36(24-37)18-21-56(63)42(53)29-43(73-44(60)17-16-35-14-12-11-13-15-35)54(7)55(62,34(5)58)22-23-57(54,56)64/h11-17,30-33,36-43,45-52,59,61-64H,18-29H2,1-10H3/b17-16+/t30-,31-,32-,33-,36+,37+,38+,39-,40-,41-,42-,43-,45+,46+,47+,48+,49-,50-,51-,52-,53+,54-,55-,56+,57-/m1/s1. The highest BCUT2D eigenvalue weighted by atomic mass is 16.8. The van der Waals surface area contributed by atoms with Gasteiger partial charge in [-0.3, -0.25) is 4.79 Å². The predicted molar refractivity (Wildman–Crippen MR) is 271 cm³/mol. The third kappa shape index (κ3) is 10.4. The minimum Gasteiger partial charge on any atom is -0.458 e. The van der Waals surface area contributed by atoms with Crippen LogP contribution < -0.4 is 0 Å². The molecule has 0 unspecified atom stereocenters. The number of carbonyl (C=O) groups is 2. The van der Waals surface area contributed by atoms with Crippen LogP contribution in [0.4, 0.5) is 0 Å². The van der Waals surface area contributed by atoms with Crippen molar-refractivity contribution < 1.29 is 92.0 Å². The minimum absolute atomic E-state index is 0.0323. The number of benzene rings is 1. The highest BCUT2D eigenvalue weighted by molar-refractivity contribution is 5.88. The minimum atomic E-state index is -2.03. The average Bonchev–Trinajstić information content (AvgIpc) is 3.72. The quantitative estimate of drug-likeness (QED) is 0.0911. The van der Waals surface area contributed by atoms with E-state index in [0.717, 1.165) is 5.56 Å². The number of esters is 1. The SMILES string of the molecule is CO[C@@H]1C[C@H](O[C@@H]2[C@@H](C)O[C@@H](O[C@@H]3[C@@H](C)O[C@@H](O[C@H]4[C@@H](O)C[C@H](O[C@H]5CC[C@@]6(C)[C@@H](CC[C@]7(O)[C@@H]6C[C@@H](OC(=O)/C=C/c6ccccc6)[C@@]6(C)[C@]7(O)CC[C@@]6(O)C(C)=O)C5)O[C@@H]4C)C[C@H]3OC)C[C@H]2OC)O[C@H](C)[C@H]1O. The van der Waals surface area contributed by atoms with Gasteiger partial charge in [0.1, 0.15) is 41.7 Å². The summed E-state index contributed by atoms with van der Waals surface area (Å²) in [4.78, 5) is 26.9. The molecule has 1 aromatic rings. The van der Waals surface area contributed by atoms with Crippen LogP contribution >= 0.6 is 0 Å². The molecule has 19 nitrogen and oxygen atoms in total. The number of fused-ring (bicyclic) bond motifs is 5. The van der Waals surface area contributed by atoms with Crippen LogP contribution in [0.2, 0.25) is 0 Å². The van der Waals surface area contributed by atoms with Gasteiger partial charge in [-0.15, -0.1) is 0 Å². The van der Waals surface area contributed by atoms with Gasteiger partial charge in [-0.25, -0.2) is 4.79 Å². The van der Waals surface area contributed by atoms with Crippen molar-refractivity contribution >= 4 is 17.8 Å². The molecule has 0 amide bonds. The second-order valence-corrected chi connectivity index (χ2v) is 23.8. The molecule has 0 spiro atoms. The number of aliphatic hydroxyl groups is 5. The first-order valence-corrected chi connectivity index (χ1v) is 27.8. The van der Waals surface area contributed by atoms with Gasteiger partial charge in [0.05, 0.1) is 66.0 Å². The summed E-state index contributed by atoms with van der Waals surface area (Å²) in [6.45, 7) is 12.4. The number of rotatable bonds is 15. The van der Waals surface area contributed by atoms with Crippen LogP contribution in [0.1, 0.15) is 131 Å². The van der Waals surface area contributed by atoms with Crippen LogP contribution in [0, 0.1) is 22.7 Å². The molecule has 8 fully saturated rings. The van der Waals surface area contributed by atoms with Crippen LogP contribution in [-0.4, -0.2) is 186 Å². The Hall–Kier alpha value is -2.54. The molecule has 8 aliphatic rings. The van der Waals surface area contributed by atoms with Crippen LogP contribution in [0.3, 0.4) is 0 Å². The number of hydrogen-bond donors (Lipinski definition) is 5. The van der Waals surface area contributed by atoms with E-state index in [9.17, 15) is 35.1 Å². The van der Waals surface area contributed by atoms with Gasteiger partial charge in [0.25, 0.3) is 0 Å². The van der Waals surface area contributed by atoms with Crippen molar-refractivity contribution in [2.45, 2.75) is 253 Å².